The van der Waals surface area contributed by atoms with Crippen LogP contribution in [-0.4, -0.2) is 53.3 Å². The first-order chi connectivity index (χ1) is 9.73. The van der Waals surface area contributed by atoms with Gasteiger partial charge in [-0.3, -0.25) is 4.79 Å². The monoisotopic (exact) mass is 378 g/mol. The van der Waals surface area contributed by atoms with Gasteiger partial charge in [0, 0.05) is 0 Å². The Morgan fingerprint density at radius 2 is 0.913 bits per heavy atom. The standard InChI is InChI=1S/C8H3F13O2/c9-3(10,2(23)1-22)4(11,12)5(13,14)6(15,16)7(17,18)8(19,20)21/h22H,1H2. The molecule has 0 aliphatic rings. The number of hydrogen-bond acceptors (Lipinski definition) is 2. The van der Waals surface area contributed by atoms with Crippen molar-refractivity contribution < 1.29 is 67.0 Å². The van der Waals surface area contributed by atoms with E-state index in [4.69, 9.17) is 5.11 Å². The van der Waals surface area contributed by atoms with Gasteiger partial charge in [0.05, 0.1) is 0 Å². The van der Waals surface area contributed by atoms with E-state index in [2.05, 4.69) is 0 Å². The van der Waals surface area contributed by atoms with Crippen molar-refractivity contribution in [3.63, 3.8) is 0 Å². The highest BCUT2D eigenvalue weighted by Gasteiger charge is 2.91. The van der Waals surface area contributed by atoms with Crippen LogP contribution in [0.5, 0.6) is 0 Å². The molecule has 0 bridgehead atoms. The summed E-state index contributed by atoms with van der Waals surface area (Å²) in [6, 6.07) is 0. The van der Waals surface area contributed by atoms with Crippen molar-refractivity contribution in [3.8, 4) is 0 Å². The largest absolute Gasteiger partial charge is 0.460 e. The summed E-state index contributed by atoms with van der Waals surface area (Å²) in [6.45, 7) is -2.61. The summed E-state index contributed by atoms with van der Waals surface area (Å²) in [5.74, 6) is -42.0. The van der Waals surface area contributed by atoms with Gasteiger partial charge in [0.25, 0.3) is 0 Å². The van der Waals surface area contributed by atoms with Crippen LogP contribution in [-0.2, 0) is 4.79 Å². The molecule has 138 valence electrons. The molecule has 0 fully saturated rings. The minimum Gasteiger partial charge on any atom is -0.388 e. The number of rotatable bonds is 6. The third kappa shape index (κ3) is 2.71. The lowest BCUT2D eigenvalue weighted by molar-refractivity contribution is -0.436. The maximum Gasteiger partial charge on any atom is 0.460 e. The van der Waals surface area contributed by atoms with E-state index >= 15 is 0 Å². The number of alkyl halides is 13. The van der Waals surface area contributed by atoms with Gasteiger partial charge in [0.2, 0.25) is 5.78 Å². The van der Waals surface area contributed by atoms with Gasteiger partial charge < -0.3 is 5.11 Å². The van der Waals surface area contributed by atoms with Gasteiger partial charge in [-0.2, -0.15) is 57.1 Å². The predicted molar refractivity (Wildman–Crippen MR) is 42.9 cm³/mol. The SMILES string of the molecule is O=C(CO)C(F)(F)C(F)(F)C(F)(F)C(F)(F)C(F)(F)C(F)(F)F. The minimum atomic E-state index is -8.05. The average Bonchev–Trinajstić information content (AvgIpc) is 2.35. The summed E-state index contributed by atoms with van der Waals surface area (Å²) in [4.78, 5) is 10.2. The lowest BCUT2D eigenvalue weighted by Gasteiger charge is -2.39. The van der Waals surface area contributed by atoms with Gasteiger partial charge in [0.15, 0.2) is 0 Å². The molecular weight excluding hydrogens is 375 g/mol. The highest BCUT2D eigenvalue weighted by Crippen LogP contribution is 2.60. The number of ketones is 1. The quantitative estimate of drug-likeness (QED) is 0.721. The third-order valence-electron chi connectivity index (χ3n) is 2.43. The summed E-state index contributed by atoms with van der Waals surface area (Å²) in [5, 5.41) is 7.87. The van der Waals surface area contributed by atoms with Crippen molar-refractivity contribution in [1.82, 2.24) is 0 Å². The van der Waals surface area contributed by atoms with Crippen molar-refractivity contribution in [3.05, 3.63) is 0 Å². The molecule has 0 atom stereocenters. The molecule has 23 heavy (non-hydrogen) atoms. The summed E-state index contributed by atoms with van der Waals surface area (Å²) >= 11 is 0. The van der Waals surface area contributed by atoms with Crippen LogP contribution in [0.4, 0.5) is 57.1 Å². The van der Waals surface area contributed by atoms with E-state index in [0.717, 1.165) is 0 Å². The van der Waals surface area contributed by atoms with Gasteiger partial charge in [-0.25, -0.2) is 0 Å². The van der Waals surface area contributed by atoms with Gasteiger partial charge in [-0.05, 0) is 0 Å². The maximum atomic E-state index is 12.8. The number of hydrogen-bond donors (Lipinski definition) is 1. The maximum absolute atomic E-state index is 12.8. The Kier molecular flexibility index (Phi) is 5.08. The molecule has 0 spiro atoms. The van der Waals surface area contributed by atoms with Crippen LogP contribution in [0.15, 0.2) is 0 Å². The fraction of sp³-hybridized carbons (Fsp3) is 0.875. The molecule has 0 aromatic heterocycles. The second-order valence-electron chi connectivity index (χ2n) is 3.95. The Morgan fingerprint density at radius 3 is 1.17 bits per heavy atom. The molecular formula is C8H3F13O2. The van der Waals surface area contributed by atoms with E-state index in [-0.39, 0.29) is 0 Å². The smallest absolute Gasteiger partial charge is 0.388 e. The summed E-state index contributed by atoms with van der Waals surface area (Å²) in [6.07, 6.45) is -7.51. The third-order valence-corrected chi connectivity index (χ3v) is 2.43. The Balaban J connectivity index is 6.30. The normalized spacial score (nSPS) is 15.7. The van der Waals surface area contributed by atoms with Crippen LogP contribution >= 0.6 is 0 Å². The summed E-state index contributed by atoms with van der Waals surface area (Å²) in [7, 11) is 0. The number of Topliss-reactive ketones (excluding diaryl/α,β-unsaturated/α-hetero) is 1. The van der Waals surface area contributed by atoms with Gasteiger partial charge in [-0.15, -0.1) is 0 Å². The number of aliphatic hydroxyl groups is 1. The van der Waals surface area contributed by atoms with Crippen molar-refractivity contribution in [2.24, 2.45) is 0 Å². The Morgan fingerprint density at radius 1 is 0.609 bits per heavy atom. The highest BCUT2D eigenvalue weighted by molar-refractivity contribution is 5.87. The van der Waals surface area contributed by atoms with E-state index in [1.807, 2.05) is 0 Å². The lowest BCUT2D eigenvalue weighted by atomic mass is 9.92. The average molecular weight is 378 g/mol. The first-order valence-electron chi connectivity index (χ1n) is 4.83. The zero-order valence-electron chi connectivity index (χ0n) is 9.98. The highest BCUT2D eigenvalue weighted by atomic mass is 19.4. The zero-order chi connectivity index (χ0) is 19.3. The second-order valence-corrected chi connectivity index (χ2v) is 3.95. The van der Waals surface area contributed by atoms with Crippen molar-refractivity contribution >= 4 is 5.78 Å². The first-order valence-corrected chi connectivity index (χ1v) is 4.83. The second kappa shape index (κ2) is 5.37. The summed E-state index contributed by atoms with van der Waals surface area (Å²) in [5.41, 5.74) is 0. The molecule has 2 nitrogen and oxygen atoms in total. The van der Waals surface area contributed by atoms with Crippen LogP contribution in [0.1, 0.15) is 0 Å². The van der Waals surface area contributed by atoms with Crippen LogP contribution in [0.3, 0.4) is 0 Å². The number of aliphatic hydroxyl groups excluding tert-OH is 1. The molecule has 1 N–H and O–H groups in total. The molecule has 0 saturated heterocycles. The molecule has 0 aromatic carbocycles. The van der Waals surface area contributed by atoms with Crippen molar-refractivity contribution in [2.75, 3.05) is 6.61 Å². The van der Waals surface area contributed by atoms with E-state index in [1.165, 1.54) is 0 Å². The van der Waals surface area contributed by atoms with Gasteiger partial charge in [-0.1, -0.05) is 0 Å². The first kappa shape index (κ1) is 21.7. The number of carbonyl (C=O) groups is 1. The Hall–Kier alpha value is -1.28. The summed E-state index contributed by atoms with van der Waals surface area (Å²) < 4.78 is 162. The molecule has 0 aromatic rings. The Labute approximate surface area is 116 Å². The number of carbonyl (C=O) groups excluding carboxylic acids is 1. The van der Waals surface area contributed by atoms with E-state index in [1.54, 1.807) is 0 Å². The molecule has 0 saturated carbocycles. The molecule has 0 radical (unpaired) electrons. The van der Waals surface area contributed by atoms with E-state index in [9.17, 15) is 61.9 Å². The van der Waals surface area contributed by atoms with Crippen molar-refractivity contribution in [1.29, 1.82) is 0 Å². The predicted octanol–water partition coefficient (Wildman–Crippen LogP) is 3.29. The number of halogens is 13. The molecule has 15 heteroatoms. The van der Waals surface area contributed by atoms with Gasteiger partial charge in [0.1, 0.15) is 6.61 Å². The van der Waals surface area contributed by atoms with Gasteiger partial charge >= 0.3 is 35.8 Å². The molecule has 0 amide bonds. The molecule has 0 aliphatic carbocycles. The molecule has 0 rings (SSSR count). The zero-order valence-corrected chi connectivity index (χ0v) is 9.98. The van der Waals surface area contributed by atoms with Crippen LogP contribution in [0.2, 0.25) is 0 Å². The fourth-order valence-electron chi connectivity index (χ4n) is 1.04. The molecule has 0 heterocycles. The lowest BCUT2D eigenvalue weighted by Crippen LogP contribution is -2.71. The van der Waals surface area contributed by atoms with E-state index in [0.29, 0.717) is 0 Å². The van der Waals surface area contributed by atoms with Crippen LogP contribution in [0, 0.1) is 0 Å². The topological polar surface area (TPSA) is 37.3 Å². The fourth-order valence-corrected chi connectivity index (χ4v) is 1.04. The van der Waals surface area contributed by atoms with Crippen LogP contribution in [0.25, 0.3) is 0 Å². The molecule has 0 unspecified atom stereocenters. The minimum absolute atomic E-state index is 2.61. The van der Waals surface area contributed by atoms with E-state index < -0.39 is 48.2 Å². The molecule has 0 aliphatic heterocycles. The van der Waals surface area contributed by atoms with Crippen LogP contribution < -0.4 is 0 Å². The Bertz CT molecular complexity index is 463. The van der Waals surface area contributed by atoms with Crippen molar-refractivity contribution in [2.45, 2.75) is 35.8 Å².